The van der Waals surface area contributed by atoms with Crippen LogP contribution in [0, 0.1) is 0 Å². The molecule has 0 amide bonds. The summed E-state index contributed by atoms with van der Waals surface area (Å²) in [4.78, 5) is 10.3. The van der Waals surface area contributed by atoms with E-state index in [1.165, 1.54) is 6.92 Å². The largest absolute Gasteiger partial charge is 0.466 e. The fourth-order valence-corrected chi connectivity index (χ4v) is 0.873. The molecule has 1 aliphatic heterocycles. The predicted molar refractivity (Wildman–Crippen MR) is 36.9 cm³/mol. The first-order valence-electron chi connectivity index (χ1n) is 3.62. The minimum atomic E-state index is -0.246. The van der Waals surface area contributed by atoms with Crippen molar-refractivity contribution < 1.29 is 19.0 Å². The second-order valence-electron chi connectivity index (χ2n) is 2.41. The zero-order chi connectivity index (χ0) is 8.10. The first kappa shape index (κ1) is 8.49. The van der Waals surface area contributed by atoms with Crippen molar-refractivity contribution in [2.45, 2.75) is 19.4 Å². The Balaban J connectivity index is 1.98. The van der Waals surface area contributed by atoms with Gasteiger partial charge in [0.15, 0.2) is 0 Å². The minimum Gasteiger partial charge on any atom is -0.466 e. The van der Waals surface area contributed by atoms with Crippen molar-refractivity contribution in [2.24, 2.45) is 0 Å². The van der Waals surface area contributed by atoms with Gasteiger partial charge < -0.3 is 14.2 Å². The van der Waals surface area contributed by atoms with Crippen LogP contribution >= 0.6 is 0 Å². The van der Waals surface area contributed by atoms with E-state index >= 15 is 0 Å². The van der Waals surface area contributed by atoms with Gasteiger partial charge >= 0.3 is 5.97 Å². The standard InChI is InChI=1S/C7H12O4/c1-6(8)10-3-2-7-4-9-5-11-7/h7H,2-5H2,1H3. The Bertz CT molecular complexity index is 128. The summed E-state index contributed by atoms with van der Waals surface area (Å²) in [6.07, 6.45) is 0.828. The van der Waals surface area contributed by atoms with E-state index in [1.54, 1.807) is 0 Å². The summed E-state index contributed by atoms with van der Waals surface area (Å²) in [7, 11) is 0. The summed E-state index contributed by atoms with van der Waals surface area (Å²) in [5.74, 6) is -0.246. The van der Waals surface area contributed by atoms with Crippen molar-refractivity contribution >= 4 is 5.97 Å². The Morgan fingerprint density at radius 2 is 2.55 bits per heavy atom. The van der Waals surface area contributed by atoms with Gasteiger partial charge in [0.25, 0.3) is 0 Å². The third-order valence-electron chi connectivity index (χ3n) is 1.44. The SMILES string of the molecule is CC(=O)OCCC1COCO1. The summed E-state index contributed by atoms with van der Waals surface area (Å²) in [6.45, 7) is 2.79. The summed E-state index contributed by atoms with van der Waals surface area (Å²) >= 11 is 0. The van der Waals surface area contributed by atoms with Crippen LogP contribution in [0.2, 0.25) is 0 Å². The highest BCUT2D eigenvalue weighted by Gasteiger charge is 2.15. The first-order valence-corrected chi connectivity index (χ1v) is 3.62. The molecule has 4 nitrogen and oxygen atoms in total. The van der Waals surface area contributed by atoms with Gasteiger partial charge in [-0.25, -0.2) is 0 Å². The van der Waals surface area contributed by atoms with Gasteiger partial charge in [0.05, 0.1) is 19.3 Å². The molecule has 4 heteroatoms. The fraction of sp³-hybridized carbons (Fsp3) is 0.857. The molecule has 1 rings (SSSR count). The van der Waals surface area contributed by atoms with E-state index < -0.39 is 0 Å². The third-order valence-corrected chi connectivity index (χ3v) is 1.44. The summed E-state index contributed by atoms with van der Waals surface area (Å²) in [5.41, 5.74) is 0. The quantitative estimate of drug-likeness (QED) is 0.557. The van der Waals surface area contributed by atoms with Gasteiger partial charge in [0, 0.05) is 13.3 Å². The van der Waals surface area contributed by atoms with Gasteiger partial charge in [-0.15, -0.1) is 0 Å². The Hall–Kier alpha value is -0.610. The van der Waals surface area contributed by atoms with Gasteiger partial charge in [0.2, 0.25) is 0 Å². The summed E-state index contributed by atoms with van der Waals surface area (Å²) in [5, 5.41) is 0. The highest BCUT2D eigenvalue weighted by molar-refractivity contribution is 5.65. The molecule has 1 fully saturated rings. The topological polar surface area (TPSA) is 44.8 Å². The Morgan fingerprint density at radius 3 is 3.09 bits per heavy atom. The second-order valence-corrected chi connectivity index (χ2v) is 2.41. The predicted octanol–water partition coefficient (Wildman–Crippen LogP) is 0.312. The highest BCUT2D eigenvalue weighted by atomic mass is 16.7. The van der Waals surface area contributed by atoms with Crippen molar-refractivity contribution in [3.05, 3.63) is 0 Å². The van der Waals surface area contributed by atoms with E-state index in [4.69, 9.17) is 14.2 Å². The Morgan fingerprint density at radius 1 is 1.73 bits per heavy atom. The number of rotatable bonds is 3. The molecule has 1 heterocycles. The van der Waals surface area contributed by atoms with Gasteiger partial charge in [-0.1, -0.05) is 0 Å². The number of hydrogen-bond donors (Lipinski definition) is 0. The first-order chi connectivity index (χ1) is 5.29. The van der Waals surface area contributed by atoms with Gasteiger partial charge in [0.1, 0.15) is 6.79 Å². The zero-order valence-electron chi connectivity index (χ0n) is 6.54. The number of ether oxygens (including phenoxy) is 3. The van der Waals surface area contributed by atoms with E-state index in [2.05, 4.69) is 0 Å². The van der Waals surface area contributed by atoms with Crippen LogP contribution in [0.5, 0.6) is 0 Å². The van der Waals surface area contributed by atoms with Crippen molar-refractivity contribution in [2.75, 3.05) is 20.0 Å². The molecule has 0 bridgehead atoms. The maximum Gasteiger partial charge on any atom is 0.302 e. The highest BCUT2D eigenvalue weighted by Crippen LogP contribution is 2.06. The number of esters is 1. The monoisotopic (exact) mass is 160 g/mol. The van der Waals surface area contributed by atoms with Gasteiger partial charge in [-0.3, -0.25) is 4.79 Å². The molecule has 0 aliphatic carbocycles. The van der Waals surface area contributed by atoms with Crippen LogP contribution in [0.3, 0.4) is 0 Å². The fourth-order valence-electron chi connectivity index (χ4n) is 0.873. The van der Waals surface area contributed by atoms with Crippen LogP contribution in [0.15, 0.2) is 0 Å². The van der Waals surface area contributed by atoms with E-state index in [1.807, 2.05) is 0 Å². The van der Waals surface area contributed by atoms with Crippen LogP contribution in [0.1, 0.15) is 13.3 Å². The zero-order valence-corrected chi connectivity index (χ0v) is 6.54. The van der Waals surface area contributed by atoms with Crippen molar-refractivity contribution in [1.29, 1.82) is 0 Å². The molecule has 1 saturated heterocycles. The average Bonchev–Trinajstić information content (AvgIpc) is 2.39. The van der Waals surface area contributed by atoms with Crippen molar-refractivity contribution in [1.82, 2.24) is 0 Å². The maximum atomic E-state index is 10.3. The molecule has 0 aromatic rings. The van der Waals surface area contributed by atoms with Gasteiger partial charge in [-0.2, -0.15) is 0 Å². The lowest BCUT2D eigenvalue weighted by molar-refractivity contribution is -0.141. The third kappa shape index (κ3) is 3.34. The van der Waals surface area contributed by atoms with E-state index in [-0.39, 0.29) is 12.1 Å². The van der Waals surface area contributed by atoms with E-state index in [9.17, 15) is 4.79 Å². The molecule has 11 heavy (non-hydrogen) atoms. The number of carbonyl (C=O) groups is 1. The Labute approximate surface area is 65.4 Å². The van der Waals surface area contributed by atoms with E-state index in [0.717, 1.165) is 6.42 Å². The molecular formula is C7H12O4. The van der Waals surface area contributed by atoms with Crippen molar-refractivity contribution in [3.63, 3.8) is 0 Å². The van der Waals surface area contributed by atoms with Crippen LogP contribution in [0.4, 0.5) is 0 Å². The molecular weight excluding hydrogens is 148 g/mol. The lowest BCUT2D eigenvalue weighted by Crippen LogP contribution is -2.13. The van der Waals surface area contributed by atoms with Crippen LogP contribution in [-0.2, 0) is 19.0 Å². The smallest absolute Gasteiger partial charge is 0.302 e. The molecule has 0 aromatic carbocycles. The van der Waals surface area contributed by atoms with Crippen molar-refractivity contribution in [3.8, 4) is 0 Å². The second kappa shape index (κ2) is 4.31. The molecule has 0 N–H and O–H groups in total. The Kier molecular flexibility index (Phi) is 3.32. The number of hydrogen-bond acceptors (Lipinski definition) is 4. The minimum absolute atomic E-state index is 0.106. The van der Waals surface area contributed by atoms with Gasteiger partial charge in [-0.05, 0) is 0 Å². The molecule has 0 radical (unpaired) electrons. The number of carbonyl (C=O) groups excluding carboxylic acids is 1. The lowest BCUT2D eigenvalue weighted by atomic mass is 10.3. The molecule has 0 spiro atoms. The van der Waals surface area contributed by atoms with Crippen LogP contribution < -0.4 is 0 Å². The molecule has 64 valence electrons. The maximum absolute atomic E-state index is 10.3. The molecule has 1 atom stereocenters. The molecule has 1 unspecified atom stereocenters. The normalized spacial score (nSPS) is 23.5. The summed E-state index contributed by atoms with van der Waals surface area (Å²) < 4.78 is 14.8. The molecule has 0 saturated carbocycles. The lowest BCUT2D eigenvalue weighted by Gasteiger charge is -2.05. The van der Waals surface area contributed by atoms with E-state index in [0.29, 0.717) is 20.0 Å². The molecule has 0 aromatic heterocycles. The van der Waals surface area contributed by atoms with Crippen LogP contribution in [0.25, 0.3) is 0 Å². The average molecular weight is 160 g/mol. The summed E-state index contributed by atoms with van der Waals surface area (Å²) in [6, 6.07) is 0. The molecule has 1 aliphatic rings. The van der Waals surface area contributed by atoms with Crippen LogP contribution in [-0.4, -0.2) is 32.1 Å².